The minimum atomic E-state index is -0.672. The molecule has 0 bridgehead atoms. The maximum absolute atomic E-state index is 15.5. The predicted molar refractivity (Wildman–Crippen MR) is 466 cm³/mol. The van der Waals surface area contributed by atoms with Gasteiger partial charge in [-0.05, 0) is 177 Å². The lowest BCUT2D eigenvalue weighted by Crippen LogP contribution is -2.34. The number of aryl methyl sites for hydroxylation is 2. The van der Waals surface area contributed by atoms with Crippen molar-refractivity contribution >= 4 is 35.3 Å². The molecule has 3 aliphatic heterocycles. The molecule has 15 rings (SSSR count). The molecule has 26 heteroatoms. The molecule has 122 heavy (non-hydrogen) atoms. The molecule has 9 aromatic carbocycles. The first kappa shape index (κ1) is 88.9. The highest BCUT2D eigenvalue weighted by atomic mass is 32.2. The Bertz CT molecular complexity index is 5930. The largest absolute Gasteiger partial charge is 0.497 e. The maximum Gasteiger partial charge on any atom is 0.260 e. The van der Waals surface area contributed by atoms with Crippen molar-refractivity contribution in [2.75, 3.05) is 85.5 Å². The first-order valence-corrected chi connectivity index (χ1v) is 42.9. The third kappa shape index (κ3) is 19.3. The fourth-order valence-electron chi connectivity index (χ4n) is 15.9. The summed E-state index contributed by atoms with van der Waals surface area (Å²) in [6.45, 7) is 10.7. The van der Waals surface area contributed by atoms with Gasteiger partial charge in [0, 0.05) is 102 Å². The summed E-state index contributed by atoms with van der Waals surface area (Å²) in [4.78, 5) is 42.2. The lowest BCUT2D eigenvalue weighted by molar-refractivity contribution is 0.387. The van der Waals surface area contributed by atoms with Crippen LogP contribution in [-0.4, -0.2) is 99.2 Å². The number of nitrogens with one attached hydrogen (secondary N) is 3. The summed E-state index contributed by atoms with van der Waals surface area (Å²) in [7, 11) is 7.30. The topological polar surface area (TPSA) is 148 Å². The number of methoxy groups -OCH3 is 5. The van der Waals surface area contributed by atoms with Crippen molar-refractivity contribution in [3.8, 4) is 62.1 Å². The Hall–Kier alpha value is -10.9. The van der Waals surface area contributed by atoms with Crippen LogP contribution in [0.4, 0.5) is 39.5 Å². The van der Waals surface area contributed by atoms with Gasteiger partial charge in [-0.3, -0.25) is 28.1 Å². The Balaban J connectivity index is 0.000000158. The summed E-state index contributed by atoms with van der Waals surface area (Å²) in [6.07, 6.45) is 2.39. The van der Waals surface area contributed by atoms with E-state index in [-0.39, 0.29) is 121 Å². The van der Waals surface area contributed by atoms with Crippen LogP contribution < -0.4 is 56.3 Å². The molecular weight excluding hydrogens is 1630 g/mol. The van der Waals surface area contributed by atoms with Gasteiger partial charge in [0.05, 0.1) is 85.4 Å². The smallest absolute Gasteiger partial charge is 0.260 e. The van der Waals surface area contributed by atoms with Crippen LogP contribution in [0.3, 0.4) is 0 Å². The molecule has 3 unspecified atom stereocenters. The molecule has 3 atom stereocenters. The number of nitrogens with zero attached hydrogens (tertiary/aromatic N) is 3. The molecule has 3 N–H and O–H groups in total. The molecule has 0 spiro atoms. The number of rotatable bonds is 29. The van der Waals surface area contributed by atoms with Crippen LogP contribution in [-0.2, 0) is 38.6 Å². The number of benzene rings is 9. The second kappa shape index (κ2) is 40.4. The van der Waals surface area contributed by atoms with Crippen molar-refractivity contribution in [1.82, 2.24) is 29.7 Å². The highest BCUT2D eigenvalue weighted by Gasteiger charge is 2.37. The van der Waals surface area contributed by atoms with E-state index in [0.717, 1.165) is 30.5 Å². The van der Waals surface area contributed by atoms with Crippen LogP contribution in [0.5, 0.6) is 28.7 Å². The zero-order valence-electron chi connectivity index (χ0n) is 68.9. The highest BCUT2D eigenvalue weighted by molar-refractivity contribution is 8.00. The molecule has 636 valence electrons. The Kier molecular flexibility index (Phi) is 29.5. The van der Waals surface area contributed by atoms with Gasteiger partial charge in [0.25, 0.3) is 16.7 Å². The zero-order valence-corrected chi connectivity index (χ0v) is 71.3. The van der Waals surface area contributed by atoms with E-state index in [1.54, 1.807) is 73.0 Å². The number of aromatic nitrogens is 3. The van der Waals surface area contributed by atoms with Gasteiger partial charge in [0.1, 0.15) is 46.4 Å². The Morgan fingerprint density at radius 2 is 0.697 bits per heavy atom. The zero-order chi connectivity index (χ0) is 86.6. The normalized spacial score (nSPS) is 14.3. The van der Waals surface area contributed by atoms with E-state index in [2.05, 4.69) is 40.2 Å². The minimum absolute atomic E-state index is 0.00487. The number of pyridine rings is 3. The van der Waals surface area contributed by atoms with Crippen LogP contribution in [0, 0.1) is 80.0 Å². The third-order valence-corrected chi connectivity index (χ3v) is 26.2. The number of halogens is 9. The van der Waals surface area contributed by atoms with E-state index in [1.165, 1.54) is 153 Å². The molecule has 3 aromatic heterocycles. The molecule has 14 nitrogen and oxygen atoms in total. The second-order valence-electron chi connectivity index (χ2n) is 30.0. The third-order valence-electron chi connectivity index (χ3n) is 22.4. The standard InChI is InChI=1S/C33H33F3N2O4S.C32H31F3N2O2S.C31H29F3N2O2S/c1-19-25(16-26-27(34)8-6-9-28(26)35)33-38(32(39)30(19)24-7-5-10-29(42-4)31(24)36)21(18-43-33)17-37-12-11-20-13-22(40-2)15-23(14-20)41-3;1-20-24(17-25-26(33)13-7-14-27(25)34)32-37(31(38)29(20)23-12-6-15-28(39-2)30(23)35)22(19-40-32)18-36-16-8-11-21-9-4-3-5-10-21;1-18-10-12-20(13-11-18)15-35-16-21-17-39-31-23(14-24-25(32)7-5-8-26(24)33)19(2)28(30(37)36(21)31)22-6-4-9-27(38-3)29(22)34/h5-10,13-15,21,37H,11-12,16-18H2,1-4H3;3-7,9-10,12-15,22,36H,8,11,16-19H2,1-2H3;4-13,21,35H,14-17H2,1-3H3. The summed E-state index contributed by atoms with van der Waals surface area (Å²) in [6, 6.07) is 48.7. The Morgan fingerprint density at radius 3 is 1.05 bits per heavy atom. The van der Waals surface area contributed by atoms with Crippen molar-refractivity contribution in [2.45, 2.75) is 106 Å². The molecule has 0 amide bonds. The first-order chi connectivity index (χ1) is 59.0. The van der Waals surface area contributed by atoms with Crippen LogP contribution in [0.15, 0.2) is 211 Å². The summed E-state index contributed by atoms with van der Waals surface area (Å²) in [5.74, 6) is -2.68. The molecule has 6 heterocycles. The molecule has 0 saturated carbocycles. The number of ether oxygens (including phenoxy) is 5. The van der Waals surface area contributed by atoms with Gasteiger partial charge in [0.15, 0.2) is 34.7 Å². The molecule has 0 fully saturated rings. The van der Waals surface area contributed by atoms with E-state index >= 15 is 13.2 Å². The quantitative estimate of drug-likeness (QED) is 0.0302. The fraction of sp³-hybridized carbons (Fsp3) is 0.281. The molecular formula is C96H93F9N6O8S3. The fourth-order valence-corrected chi connectivity index (χ4v) is 20.0. The number of hydrogen-bond donors (Lipinski definition) is 3. The van der Waals surface area contributed by atoms with E-state index in [1.807, 2.05) is 55.5 Å². The lowest BCUT2D eigenvalue weighted by Gasteiger charge is -2.21. The summed E-state index contributed by atoms with van der Waals surface area (Å²) in [5, 5.41) is 12.3. The summed E-state index contributed by atoms with van der Waals surface area (Å²) in [5.41, 5.74) is 7.47. The van der Waals surface area contributed by atoms with Crippen molar-refractivity contribution in [3.63, 3.8) is 0 Å². The van der Waals surface area contributed by atoms with Gasteiger partial charge >= 0.3 is 0 Å². The van der Waals surface area contributed by atoms with E-state index in [4.69, 9.17) is 23.7 Å². The molecule has 0 radical (unpaired) electrons. The number of thioether (sulfide) groups is 3. The highest BCUT2D eigenvalue weighted by Crippen LogP contribution is 2.45. The van der Waals surface area contributed by atoms with Crippen molar-refractivity contribution < 1.29 is 63.2 Å². The van der Waals surface area contributed by atoms with Crippen molar-refractivity contribution in [2.24, 2.45) is 0 Å². The Labute approximate surface area is 715 Å². The monoisotopic (exact) mass is 1720 g/mol. The van der Waals surface area contributed by atoms with Gasteiger partial charge in [-0.25, -0.2) is 39.5 Å². The van der Waals surface area contributed by atoms with Crippen LogP contribution >= 0.6 is 35.3 Å². The van der Waals surface area contributed by atoms with Gasteiger partial charge in [0.2, 0.25) is 0 Å². The molecule has 3 aliphatic rings. The summed E-state index contributed by atoms with van der Waals surface area (Å²) >= 11 is 4.45. The van der Waals surface area contributed by atoms with Gasteiger partial charge in [-0.2, -0.15) is 0 Å². The van der Waals surface area contributed by atoms with Gasteiger partial charge < -0.3 is 39.6 Å². The van der Waals surface area contributed by atoms with Crippen molar-refractivity contribution in [3.05, 3.63) is 338 Å². The molecule has 0 aliphatic carbocycles. The number of hydrogen-bond acceptors (Lipinski definition) is 14. The van der Waals surface area contributed by atoms with Gasteiger partial charge in [-0.1, -0.05) is 115 Å². The molecule has 0 saturated heterocycles. The Morgan fingerprint density at radius 1 is 0.352 bits per heavy atom. The van der Waals surface area contributed by atoms with E-state index in [9.17, 15) is 40.7 Å². The van der Waals surface area contributed by atoms with Crippen LogP contribution in [0.1, 0.15) is 96.9 Å². The predicted octanol–water partition coefficient (Wildman–Crippen LogP) is 19.6. The number of fused-ring (bicyclic) bond motifs is 3. The minimum Gasteiger partial charge on any atom is -0.497 e. The first-order valence-electron chi connectivity index (χ1n) is 39.9. The second-order valence-corrected chi connectivity index (χ2v) is 33.0. The van der Waals surface area contributed by atoms with Gasteiger partial charge in [-0.15, -0.1) is 35.3 Å². The lowest BCUT2D eigenvalue weighted by atomic mass is 9.94. The average molecular weight is 1730 g/mol. The van der Waals surface area contributed by atoms with Crippen LogP contribution in [0.25, 0.3) is 33.4 Å². The van der Waals surface area contributed by atoms with E-state index < -0.39 is 52.4 Å². The summed E-state index contributed by atoms with van der Waals surface area (Å²) < 4.78 is 166. The SMILES string of the molecule is COc1cc(CCNCC2CSc3c(Cc4c(F)cccc4F)c(C)c(-c4cccc(OC)c4F)c(=O)n32)cc(OC)c1.COc1cccc(-c2c(C)c(Cc3c(F)cccc3F)c3n(c2=O)C(CNCCCc2ccccc2)CS3)c1F.COc1cccc(-c2c(C)c(Cc3c(F)cccc3F)c3n(c2=O)C(CNCc2ccc(C)cc2)CS3)c1F. The maximum atomic E-state index is 15.5. The van der Waals surface area contributed by atoms with Crippen molar-refractivity contribution in [1.29, 1.82) is 0 Å². The molecule has 12 aromatic rings. The average Bonchev–Trinajstić information content (AvgIpc) is 1.45. The van der Waals surface area contributed by atoms with E-state index in [0.29, 0.717) is 116 Å². The van der Waals surface area contributed by atoms with Crippen LogP contribution in [0.2, 0.25) is 0 Å².